The molecule has 0 aliphatic carbocycles. The van der Waals surface area contributed by atoms with Crippen LogP contribution in [-0.4, -0.2) is 22.5 Å². The first-order valence-corrected chi connectivity index (χ1v) is 7.84. The number of aryl methyl sites for hydroxylation is 1. The summed E-state index contributed by atoms with van der Waals surface area (Å²) in [6.45, 7) is 5.81. The Hall–Kier alpha value is -2.89. The molecule has 1 N–H and O–H groups in total. The van der Waals surface area contributed by atoms with Crippen molar-refractivity contribution in [3.8, 4) is 0 Å². The second-order valence-corrected chi connectivity index (χ2v) is 5.43. The number of nitrogens with one attached hydrogen (secondary N) is 1. The third kappa shape index (κ3) is 2.95. The van der Waals surface area contributed by atoms with Gasteiger partial charge in [0.25, 0.3) is 0 Å². The smallest absolute Gasteiger partial charge is 0.342 e. The molecule has 1 atom stereocenters. The Morgan fingerprint density at radius 2 is 2.04 bits per heavy atom. The van der Waals surface area contributed by atoms with Crippen molar-refractivity contribution in [2.75, 3.05) is 11.9 Å². The highest BCUT2D eigenvalue weighted by atomic mass is 16.5. The summed E-state index contributed by atoms with van der Waals surface area (Å²) < 4.78 is 10.7. The molecule has 0 aliphatic rings. The average molecular weight is 325 g/mol. The lowest BCUT2D eigenvalue weighted by Crippen LogP contribution is -2.10. The summed E-state index contributed by atoms with van der Waals surface area (Å²) in [4.78, 5) is 20.7. The Labute approximate surface area is 139 Å². The van der Waals surface area contributed by atoms with Crippen LogP contribution in [0.25, 0.3) is 11.1 Å². The molecule has 24 heavy (non-hydrogen) atoms. The van der Waals surface area contributed by atoms with E-state index in [1.54, 1.807) is 13.8 Å². The van der Waals surface area contributed by atoms with Gasteiger partial charge in [-0.05, 0) is 26.3 Å². The summed E-state index contributed by atoms with van der Waals surface area (Å²) in [6.07, 6.45) is 1.42. The summed E-state index contributed by atoms with van der Waals surface area (Å²) in [5.41, 5.74) is 1.85. The molecule has 0 spiro atoms. The monoisotopic (exact) mass is 325 g/mol. The number of benzene rings is 1. The second-order valence-electron chi connectivity index (χ2n) is 5.43. The highest BCUT2D eigenvalue weighted by Gasteiger charge is 2.24. The fourth-order valence-corrected chi connectivity index (χ4v) is 2.63. The van der Waals surface area contributed by atoms with E-state index >= 15 is 0 Å². The van der Waals surface area contributed by atoms with Crippen LogP contribution in [0.15, 0.2) is 41.1 Å². The van der Waals surface area contributed by atoms with Crippen molar-refractivity contribution in [1.29, 1.82) is 0 Å². The van der Waals surface area contributed by atoms with Gasteiger partial charge in [0.15, 0.2) is 0 Å². The van der Waals surface area contributed by atoms with Crippen molar-refractivity contribution in [2.24, 2.45) is 0 Å². The zero-order valence-electron chi connectivity index (χ0n) is 13.9. The molecule has 1 aromatic carbocycles. The Morgan fingerprint density at radius 1 is 1.29 bits per heavy atom. The number of carbonyl (C=O) groups is 1. The zero-order chi connectivity index (χ0) is 17.1. The van der Waals surface area contributed by atoms with E-state index in [0.717, 1.165) is 5.56 Å². The number of rotatable bonds is 5. The van der Waals surface area contributed by atoms with E-state index in [1.165, 1.54) is 6.33 Å². The van der Waals surface area contributed by atoms with Gasteiger partial charge in [0.2, 0.25) is 5.71 Å². The van der Waals surface area contributed by atoms with Gasteiger partial charge < -0.3 is 14.5 Å². The molecule has 2 heterocycles. The van der Waals surface area contributed by atoms with Crippen LogP contribution in [0.2, 0.25) is 0 Å². The average Bonchev–Trinajstić information content (AvgIpc) is 2.93. The minimum atomic E-state index is -0.432. The number of furan rings is 1. The topological polar surface area (TPSA) is 77.2 Å². The maximum Gasteiger partial charge on any atom is 0.342 e. The summed E-state index contributed by atoms with van der Waals surface area (Å²) in [5.74, 6) is 0.592. The van der Waals surface area contributed by atoms with Gasteiger partial charge in [-0.25, -0.2) is 14.8 Å². The zero-order valence-corrected chi connectivity index (χ0v) is 13.9. The van der Waals surface area contributed by atoms with E-state index in [4.69, 9.17) is 9.15 Å². The lowest BCUT2D eigenvalue weighted by molar-refractivity contribution is 0.0526. The molecule has 0 unspecified atom stereocenters. The van der Waals surface area contributed by atoms with Gasteiger partial charge >= 0.3 is 5.97 Å². The third-order valence-electron chi connectivity index (χ3n) is 3.80. The maximum absolute atomic E-state index is 12.3. The number of hydrogen-bond acceptors (Lipinski definition) is 6. The number of fused-ring (bicyclic) bond motifs is 1. The number of ether oxygens (including phenoxy) is 1. The van der Waals surface area contributed by atoms with Crippen molar-refractivity contribution in [3.63, 3.8) is 0 Å². The Kier molecular flexibility index (Phi) is 4.46. The molecule has 124 valence electrons. The Balaban J connectivity index is 2.03. The quantitative estimate of drug-likeness (QED) is 0.717. The maximum atomic E-state index is 12.3. The van der Waals surface area contributed by atoms with Crippen LogP contribution in [0.5, 0.6) is 0 Å². The summed E-state index contributed by atoms with van der Waals surface area (Å²) in [7, 11) is 0. The first kappa shape index (κ1) is 16.0. The molecule has 6 heteroatoms. The van der Waals surface area contributed by atoms with Gasteiger partial charge in [-0.3, -0.25) is 0 Å². The van der Waals surface area contributed by atoms with Crippen LogP contribution >= 0.6 is 0 Å². The molecular formula is C18H19N3O3. The van der Waals surface area contributed by atoms with E-state index < -0.39 is 5.97 Å². The van der Waals surface area contributed by atoms with E-state index in [-0.39, 0.29) is 6.04 Å². The number of anilines is 1. The van der Waals surface area contributed by atoms with E-state index in [2.05, 4.69) is 15.3 Å². The van der Waals surface area contributed by atoms with Crippen molar-refractivity contribution in [2.45, 2.75) is 26.8 Å². The van der Waals surface area contributed by atoms with Gasteiger partial charge in [0.05, 0.1) is 12.0 Å². The summed E-state index contributed by atoms with van der Waals surface area (Å²) in [5, 5.41) is 3.89. The van der Waals surface area contributed by atoms with Crippen molar-refractivity contribution in [1.82, 2.24) is 9.97 Å². The highest BCUT2D eigenvalue weighted by molar-refractivity contribution is 6.07. The number of aromatic nitrogens is 2. The molecule has 3 aromatic rings. The first-order valence-electron chi connectivity index (χ1n) is 7.84. The lowest BCUT2D eigenvalue weighted by atomic mass is 10.1. The molecule has 0 saturated heterocycles. The molecule has 0 bridgehead atoms. The Morgan fingerprint density at radius 3 is 2.75 bits per heavy atom. The van der Waals surface area contributed by atoms with Crippen LogP contribution in [0.3, 0.4) is 0 Å². The number of hydrogen-bond donors (Lipinski definition) is 1. The van der Waals surface area contributed by atoms with Crippen molar-refractivity contribution >= 4 is 22.9 Å². The van der Waals surface area contributed by atoms with Crippen molar-refractivity contribution in [3.05, 3.63) is 53.5 Å². The number of nitrogens with zero attached hydrogens (tertiary/aromatic N) is 2. The SMILES string of the molecule is CCOC(=O)c1c(C)oc2ncnc(N[C@@H](C)c3ccccc3)c12. The van der Waals surface area contributed by atoms with Gasteiger partial charge in [-0.15, -0.1) is 0 Å². The van der Waals surface area contributed by atoms with Crippen LogP contribution in [0.4, 0.5) is 5.82 Å². The van der Waals surface area contributed by atoms with Crippen LogP contribution in [0, 0.1) is 6.92 Å². The minimum absolute atomic E-state index is 0.00884. The number of carbonyl (C=O) groups excluding carboxylic acids is 1. The molecule has 2 aromatic heterocycles. The van der Waals surface area contributed by atoms with Crippen LogP contribution in [-0.2, 0) is 4.74 Å². The van der Waals surface area contributed by atoms with Gasteiger partial charge in [-0.1, -0.05) is 30.3 Å². The van der Waals surface area contributed by atoms with Gasteiger partial charge in [-0.2, -0.15) is 0 Å². The largest absolute Gasteiger partial charge is 0.462 e. The molecule has 0 fully saturated rings. The molecular weight excluding hydrogens is 306 g/mol. The molecule has 6 nitrogen and oxygen atoms in total. The summed E-state index contributed by atoms with van der Waals surface area (Å²) >= 11 is 0. The lowest BCUT2D eigenvalue weighted by Gasteiger charge is -2.15. The van der Waals surface area contributed by atoms with E-state index in [9.17, 15) is 4.79 Å². The fourth-order valence-electron chi connectivity index (χ4n) is 2.63. The molecule has 3 rings (SSSR count). The van der Waals surface area contributed by atoms with Crippen molar-refractivity contribution < 1.29 is 13.9 Å². The normalized spacial score (nSPS) is 12.1. The fraction of sp³-hybridized carbons (Fsp3) is 0.278. The van der Waals surface area contributed by atoms with Crippen LogP contribution < -0.4 is 5.32 Å². The molecule has 0 aliphatic heterocycles. The highest BCUT2D eigenvalue weighted by Crippen LogP contribution is 2.31. The third-order valence-corrected chi connectivity index (χ3v) is 3.80. The number of esters is 1. The predicted octanol–water partition coefficient (Wildman–Crippen LogP) is 3.88. The van der Waals surface area contributed by atoms with Crippen LogP contribution in [0.1, 0.15) is 41.6 Å². The second kappa shape index (κ2) is 6.70. The standard InChI is InChI=1S/C18H19N3O3/c1-4-23-18(22)14-12(3)24-17-15(14)16(19-10-20-17)21-11(2)13-8-6-5-7-9-13/h5-11H,4H2,1-3H3,(H,19,20,21)/t11-/m0/s1. The molecule has 0 radical (unpaired) electrons. The van der Waals surface area contributed by atoms with E-state index in [1.807, 2.05) is 37.3 Å². The first-order chi connectivity index (χ1) is 11.6. The molecule has 0 saturated carbocycles. The minimum Gasteiger partial charge on any atom is -0.462 e. The van der Waals surface area contributed by atoms with Gasteiger partial charge in [0.1, 0.15) is 23.5 Å². The molecule has 0 amide bonds. The predicted molar refractivity (Wildman–Crippen MR) is 91.0 cm³/mol. The van der Waals surface area contributed by atoms with E-state index in [0.29, 0.717) is 34.8 Å². The Bertz CT molecular complexity index is 859. The van der Waals surface area contributed by atoms with Gasteiger partial charge in [0, 0.05) is 6.04 Å². The summed E-state index contributed by atoms with van der Waals surface area (Å²) in [6, 6.07) is 10.0.